The molecule has 0 unspecified atom stereocenters. The van der Waals surface area contributed by atoms with E-state index in [1.54, 1.807) is 12.1 Å². The number of piperazine rings is 1. The van der Waals surface area contributed by atoms with Crippen LogP contribution in [0.15, 0.2) is 36.0 Å². The van der Waals surface area contributed by atoms with Gasteiger partial charge in [0, 0.05) is 44.0 Å². The van der Waals surface area contributed by atoms with Crippen molar-refractivity contribution in [2.75, 3.05) is 31.1 Å². The first kappa shape index (κ1) is 13.4. The average molecular weight is 261 g/mol. The summed E-state index contributed by atoms with van der Waals surface area (Å²) in [5.41, 5.74) is 2.51. The fourth-order valence-corrected chi connectivity index (χ4v) is 2.26. The monoisotopic (exact) mass is 261 g/mol. The molecule has 2 rings (SSSR count). The Bertz CT molecular complexity index is 470. The van der Waals surface area contributed by atoms with Crippen LogP contribution in [0.2, 0.25) is 0 Å². The molecule has 0 aromatic heterocycles. The van der Waals surface area contributed by atoms with Crippen LogP contribution < -0.4 is 4.90 Å². The van der Waals surface area contributed by atoms with E-state index in [0.717, 1.165) is 31.9 Å². The largest absolute Gasteiger partial charge is 0.374 e. The maximum absolute atomic E-state index is 10.6. The lowest BCUT2D eigenvalue weighted by Gasteiger charge is -2.35. The second kappa shape index (κ2) is 5.73. The summed E-state index contributed by atoms with van der Waals surface area (Å²) in [4.78, 5) is 14.8. The highest BCUT2D eigenvalue weighted by Crippen LogP contribution is 2.20. The first-order valence-electron chi connectivity index (χ1n) is 6.45. The fourth-order valence-electron chi connectivity index (χ4n) is 2.26. The van der Waals surface area contributed by atoms with Gasteiger partial charge in [-0.1, -0.05) is 5.57 Å². The molecule has 5 nitrogen and oxygen atoms in total. The van der Waals surface area contributed by atoms with E-state index in [1.165, 1.54) is 5.57 Å². The second-order valence-electron chi connectivity index (χ2n) is 5.00. The Kier molecular flexibility index (Phi) is 4.04. The van der Waals surface area contributed by atoms with E-state index in [0.29, 0.717) is 0 Å². The minimum absolute atomic E-state index is 0.145. The van der Waals surface area contributed by atoms with Crippen LogP contribution >= 0.6 is 0 Å². The van der Waals surface area contributed by atoms with E-state index in [2.05, 4.69) is 29.8 Å². The van der Waals surface area contributed by atoms with Crippen molar-refractivity contribution < 1.29 is 4.92 Å². The van der Waals surface area contributed by atoms with E-state index in [9.17, 15) is 10.1 Å². The zero-order chi connectivity index (χ0) is 13.8. The first-order valence-corrected chi connectivity index (χ1v) is 6.45. The van der Waals surface area contributed by atoms with Gasteiger partial charge in [0.15, 0.2) is 0 Å². The Morgan fingerprint density at radius 3 is 2.21 bits per heavy atom. The van der Waals surface area contributed by atoms with Gasteiger partial charge in [0.25, 0.3) is 5.69 Å². The van der Waals surface area contributed by atoms with E-state index < -0.39 is 0 Å². The first-order chi connectivity index (χ1) is 9.06. The maximum Gasteiger partial charge on any atom is 0.269 e. The zero-order valence-corrected chi connectivity index (χ0v) is 11.4. The van der Waals surface area contributed by atoms with Crippen LogP contribution in [0, 0.1) is 10.1 Å². The van der Waals surface area contributed by atoms with E-state index in [4.69, 9.17) is 0 Å². The molecule has 102 valence electrons. The molecular formula is C14H19N3O2. The third-order valence-corrected chi connectivity index (χ3v) is 3.18. The summed E-state index contributed by atoms with van der Waals surface area (Å²) >= 11 is 0. The number of hydrogen-bond acceptors (Lipinski definition) is 4. The number of hydrogen-bond donors (Lipinski definition) is 0. The molecule has 0 saturated carbocycles. The van der Waals surface area contributed by atoms with Crippen molar-refractivity contribution in [3.63, 3.8) is 0 Å². The van der Waals surface area contributed by atoms with Crippen molar-refractivity contribution in [3.05, 3.63) is 46.2 Å². The van der Waals surface area contributed by atoms with Gasteiger partial charge < -0.3 is 9.80 Å². The molecular weight excluding hydrogens is 242 g/mol. The fraction of sp³-hybridized carbons (Fsp3) is 0.429. The lowest BCUT2D eigenvalue weighted by molar-refractivity contribution is -0.384. The molecule has 0 bridgehead atoms. The standard InChI is InChI=1S/C14H19N3O2/c1-12(2)11-15-7-9-16(10-8-15)13-3-5-14(6-4-13)17(18)19/h3-6,11H,7-10H2,1-2H3. The lowest BCUT2D eigenvalue weighted by atomic mass is 10.2. The van der Waals surface area contributed by atoms with Gasteiger partial charge in [-0.25, -0.2) is 0 Å². The number of allylic oxidation sites excluding steroid dienone is 1. The minimum Gasteiger partial charge on any atom is -0.374 e. The molecule has 1 aromatic carbocycles. The molecule has 19 heavy (non-hydrogen) atoms. The van der Waals surface area contributed by atoms with Gasteiger partial charge >= 0.3 is 0 Å². The molecule has 0 atom stereocenters. The van der Waals surface area contributed by atoms with Crippen molar-refractivity contribution >= 4 is 11.4 Å². The SMILES string of the molecule is CC(C)=CN1CCN(c2ccc([N+](=O)[O-])cc2)CC1. The van der Waals surface area contributed by atoms with Crippen LogP contribution in [0.1, 0.15) is 13.8 Å². The number of nitro benzene ring substituents is 1. The van der Waals surface area contributed by atoms with E-state index >= 15 is 0 Å². The summed E-state index contributed by atoms with van der Waals surface area (Å²) in [6.45, 7) is 8.07. The molecule has 0 N–H and O–H groups in total. The van der Waals surface area contributed by atoms with Crippen LogP contribution in [0.5, 0.6) is 0 Å². The summed E-state index contributed by atoms with van der Waals surface area (Å²) < 4.78 is 0. The summed E-state index contributed by atoms with van der Waals surface area (Å²) in [5, 5.41) is 10.6. The Balaban J connectivity index is 1.98. The van der Waals surface area contributed by atoms with Gasteiger partial charge in [0.2, 0.25) is 0 Å². The van der Waals surface area contributed by atoms with E-state index in [1.807, 2.05) is 12.1 Å². The van der Waals surface area contributed by atoms with Gasteiger partial charge in [0.1, 0.15) is 0 Å². The highest BCUT2D eigenvalue weighted by atomic mass is 16.6. The van der Waals surface area contributed by atoms with Crippen molar-refractivity contribution in [1.82, 2.24) is 4.90 Å². The highest BCUT2D eigenvalue weighted by Gasteiger charge is 2.15. The third kappa shape index (κ3) is 3.47. The number of anilines is 1. The Morgan fingerprint density at radius 2 is 1.74 bits per heavy atom. The van der Waals surface area contributed by atoms with Gasteiger partial charge in [-0.05, 0) is 32.2 Å². The number of rotatable bonds is 3. The Labute approximate surface area is 113 Å². The van der Waals surface area contributed by atoms with Gasteiger partial charge in [-0.15, -0.1) is 0 Å². The topological polar surface area (TPSA) is 49.6 Å². The second-order valence-corrected chi connectivity index (χ2v) is 5.00. The van der Waals surface area contributed by atoms with Crippen LogP contribution in [0.25, 0.3) is 0 Å². The van der Waals surface area contributed by atoms with Crippen LogP contribution in [0.3, 0.4) is 0 Å². The summed E-state index contributed by atoms with van der Waals surface area (Å²) in [7, 11) is 0. The molecule has 0 amide bonds. The average Bonchev–Trinajstić information content (AvgIpc) is 2.39. The highest BCUT2D eigenvalue weighted by molar-refractivity contribution is 5.51. The molecule has 1 fully saturated rings. The maximum atomic E-state index is 10.6. The molecule has 0 spiro atoms. The number of nitro groups is 1. The molecule has 1 heterocycles. The minimum atomic E-state index is -0.365. The molecule has 1 saturated heterocycles. The van der Waals surface area contributed by atoms with Crippen molar-refractivity contribution in [1.29, 1.82) is 0 Å². The van der Waals surface area contributed by atoms with Gasteiger partial charge in [-0.3, -0.25) is 10.1 Å². The quantitative estimate of drug-likeness (QED) is 0.620. The zero-order valence-electron chi connectivity index (χ0n) is 11.4. The molecule has 1 aromatic rings. The van der Waals surface area contributed by atoms with Crippen LogP contribution in [-0.4, -0.2) is 36.0 Å². The molecule has 0 radical (unpaired) electrons. The molecule has 0 aliphatic carbocycles. The van der Waals surface area contributed by atoms with Gasteiger partial charge in [-0.2, -0.15) is 0 Å². The van der Waals surface area contributed by atoms with Crippen molar-refractivity contribution in [3.8, 4) is 0 Å². The smallest absolute Gasteiger partial charge is 0.269 e. The normalized spacial score (nSPS) is 15.3. The van der Waals surface area contributed by atoms with E-state index in [-0.39, 0.29) is 10.6 Å². The summed E-state index contributed by atoms with van der Waals surface area (Å²) in [6.07, 6.45) is 2.19. The predicted molar refractivity (Wildman–Crippen MR) is 76.3 cm³/mol. The summed E-state index contributed by atoms with van der Waals surface area (Å²) in [5.74, 6) is 0. The number of non-ortho nitro benzene ring substituents is 1. The van der Waals surface area contributed by atoms with Crippen LogP contribution in [-0.2, 0) is 0 Å². The number of benzene rings is 1. The van der Waals surface area contributed by atoms with Gasteiger partial charge in [0.05, 0.1) is 4.92 Å². The lowest BCUT2D eigenvalue weighted by Crippen LogP contribution is -2.44. The molecule has 5 heteroatoms. The Hall–Kier alpha value is -2.04. The number of nitrogens with zero attached hydrogens (tertiary/aromatic N) is 3. The van der Waals surface area contributed by atoms with Crippen molar-refractivity contribution in [2.24, 2.45) is 0 Å². The molecule has 1 aliphatic heterocycles. The summed E-state index contributed by atoms with van der Waals surface area (Å²) in [6, 6.07) is 6.79. The van der Waals surface area contributed by atoms with Crippen molar-refractivity contribution in [2.45, 2.75) is 13.8 Å². The molecule has 1 aliphatic rings. The Morgan fingerprint density at radius 1 is 1.16 bits per heavy atom. The third-order valence-electron chi connectivity index (χ3n) is 3.18. The van der Waals surface area contributed by atoms with Crippen LogP contribution in [0.4, 0.5) is 11.4 Å². The predicted octanol–water partition coefficient (Wildman–Crippen LogP) is 2.64.